The smallest absolute Gasteiger partial charge is 0.345 e. The van der Waals surface area contributed by atoms with Gasteiger partial charge in [0.2, 0.25) is 18.3 Å². The molecule has 0 saturated heterocycles. The molecule has 0 spiro atoms. The molecule has 2 aliphatic heterocycles. The summed E-state index contributed by atoms with van der Waals surface area (Å²) in [6, 6.07) is 5.28. The van der Waals surface area contributed by atoms with Gasteiger partial charge >= 0.3 is 5.97 Å². The maximum atomic E-state index is 12.8. The SMILES string of the molecule is COc1cc2c(c(-c3c(C)cc(OC)c4c3OCO4)c1)C(=O)OC(C)(C)O2. The Kier molecular flexibility index (Phi) is 3.83. The van der Waals surface area contributed by atoms with E-state index in [0.717, 1.165) is 5.56 Å². The van der Waals surface area contributed by atoms with E-state index in [1.54, 1.807) is 40.2 Å². The van der Waals surface area contributed by atoms with Crippen LogP contribution in [-0.2, 0) is 4.74 Å². The Morgan fingerprint density at radius 2 is 1.70 bits per heavy atom. The van der Waals surface area contributed by atoms with E-state index in [0.29, 0.717) is 45.4 Å². The summed E-state index contributed by atoms with van der Waals surface area (Å²) >= 11 is 0. The third kappa shape index (κ3) is 2.70. The van der Waals surface area contributed by atoms with Gasteiger partial charge in [0.1, 0.15) is 17.1 Å². The molecule has 0 saturated carbocycles. The summed E-state index contributed by atoms with van der Waals surface area (Å²) < 4.78 is 33.4. The molecule has 27 heavy (non-hydrogen) atoms. The highest BCUT2D eigenvalue weighted by Crippen LogP contribution is 2.52. The van der Waals surface area contributed by atoms with Crippen molar-refractivity contribution < 1.29 is 33.2 Å². The van der Waals surface area contributed by atoms with Gasteiger partial charge in [0, 0.05) is 31.0 Å². The van der Waals surface area contributed by atoms with E-state index in [2.05, 4.69) is 0 Å². The molecule has 0 aromatic heterocycles. The number of hydrogen-bond acceptors (Lipinski definition) is 7. The second-order valence-electron chi connectivity index (χ2n) is 6.78. The van der Waals surface area contributed by atoms with Crippen molar-refractivity contribution in [2.45, 2.75) is 26.6 Å². The molecule has 4 rings (SSSR count). The van der Waals surface area contributed by atoms with Crippen LogP contribution in [0.25, 0.3) is 11.1 Å². The number of aryl methyl sites for hydroxylation is 1. The van der Waals surface area contributed by atoms with Gasteiger partial charge in [-0.3, -0.25) is 0 Å². The van der Waals surface area contributed by atoms with E-state index in [4.69, 9.17) is 28.4 Å². The molecule has 142 valence electrons. The molecule has 0 radical (unpaired) electrons. The third-order valence-corrected chi connectivity index (χ3v) is 4.50. The van der Waals surface area contributed by atoms with Gasteiger partial charge in [0.05, 0.1) is 14.2 Å². The van der Waals surface area contributed by atoms with Crippen molar-refractivity contribution >= 4 is 5.97 Å². The predicted octanol–water partition coefficient (Wildman–Crippen LogP) is 3.69. The topological polar surface area (TPSA) is 72.5 Å². The van der Waals surface area contributed by atoms with Gasteiger partial charge in [-0.2, -0.15) is 0 Å². The van der Waals surface area contributed by atoms with Crippen molar-refractivity contribution in [2.75, 3.05) is 21.0 Å². The van der Waals surface area contributed by atoms with Crippen LogP contribution in [0.15, 0.2) is 18.2 Å². The summed E-state index contributed by atoms with van der Waals surface area (Å²) in [5.74, 6) is 0.998. The second-order valence-corrected chi connectivity index (χ2v) is 6.78. The lowest BCUT2D eigenvalue weighted by molar-refractivity contribution is -0.127. The molecule has 0 atom stereocenters. The van der Waals surface area contributed by atoms with Crippen molar-refractivity contribution in [2.24, 2.45) is 0 Å². The summed E-state index contributed by atoms with van der Waals surface area (Å²) in [5.41, 5.74) is 2.47. The fourth-order valence-electron chi connectivity index (χ4n) is 3.40. The first kappa shape index (κ1) is 17.3. The largest absolute Gasteiger partial charge is 0.497 e. The summed E-state index contributed by atoms with van der Waals surface area (Å²) in [5, 5.41) is 0. The second kappa shape index (κ2) is 5.97. The van der Waals surface area contributed by atoms with E-state index in [9.17, 15) is 4.79 Å². The van der Waals surface area contributed by atoms with E-state index >= 15 is 0 Å². The molecule has 2 aromatic carbocycles. The number of fused-ring (bicyclic) bond motifs is 2. The zero-order valence-electron chi connectivity index (χ0n) is 15.8. The van der Waals surface area contributed by atoms with Crippen LogP contribution in [0, 0.1) is 6.92 Å². The zero-order chi connectivity index (χ0) is 19.3. The Bertz CT molecular complexity index is 946. The lowest BCUT2D eigenvalue weighted by Gasteiger charge is -2.33. The summed E-state index contributed by atoms with van der Waals surface area (Å²) in [4.78, 5) is 12.8. The monoisotopic (exact) mass is 372 g/mol. The number of cyclic esters (lactones) is 1. The van der Waals surface area contributed by atoms with Gasteiger partial charge in [-0.05, 0) is 24.6 Å². The minimum atomic E-state index is -1.07. The third-order valence-electron chi connectivity index (χ3n) is 4.50. The fourth-order valence-corrected chi connectivity index (χ4v) is 3.40. The standard InChI is InChI=1S/C20H20O7/c1-10-6-14(23-5)17-18(25-9-24-17)15(10)12-7-11(22-4)8-13-16(12)19(21)27-20(2,3)26-13/h6-8H,9H2,1-5H3. The van der Waals surface area contributed by atoms with Crippen LogP contribution in [0.1, 0.15) is 29.8 Å². The maximum absolute atomic E-state index is 12.8. The minimum absolute atomic E-state index is 0.0717. The normalized spacial score (nSPS) is 16.3. The van der Waals surface area contributed by atoms with Crippen LogP contribution in [0.3, 0.4) is 0 Å². The first-order chi connectivity index (χ1) is 12.8. The van der Waals surface area contributed by atoms with Crippen molar-refractivity contribution in [3.8, 4) is 39.9 Å². The number of hydrogen-bond donors (Lipinski definition) is 0. The summed E-state index contributed by atoms with van der Waals surface area (Å²) in [7, 11) is 3.12. The van der Waals surface area contributed by atoms with Crippen LogP contribution in [0.2, 0.25) is 0 Å². The van der Waals surface area contributed by atoms with E-state index in [1.807, 2.05) is 13.0 Å². The Morgan fingerprint density at radius 1 is 0.963 bits per heavy atom. The van der Waals surface area contributed by atoms with Crippen molar-refractivity contribution in [3.05, 3.63) is 29.3 Å². The highest BCUT2D eigenvalue weighted by molar-refractivity contribution is 6.03. The molecule has 0 bridgehead atoms. The van der Waals surface area contributed by atoms with Gasteiger partial charge < -0.3 is 28.4 Å². The van der Waals surface area contributed by atoms with Gasteiger partial charge in [-0.25, -0.2) is 4.79 Å². The molecular formula is C20H20O7. The number of carbonyl (C=O) groups is 1. The number of carbonyl (C=O) groups excluding carboxylic acids is 1. The van der Waals surface area contributed by atoms with Gasteiger partial charge in [-0.1, -0.05) is 0 Å². The Balaban J connectivity index is 2.02. The van der Waals surface area contributed by atoms with E-state index in [-0.39, 0.29) is 6.79 Å². The molecule has 7 heteroatoms. The van der Waals surface area contributed by atoms with Crippen LogP contribution in [0.4, 0.5) is 0 Å². The average molecular weight is 372 g/mol. The highest BCUT2D eigenvalue weighted by atomic mass is 16.7. The lowest BCUT2D eigenvalue weighted by atomic mass is 9.92. The van der Waals surface area contributed by atoms with Crippen molar-refractivity contribution in [3.63, 3.8) is 0 Å². The van der Waals surface area contributed by atoms with E-state index < -0.39 is 11.8 Å². The number of benzene rings is 2. The van der Waals surface area contributed by atoms with Gasteiger partial charge in [0.15, 0.2) is 11.5 Å². The maximum Gasteiger partial charge on any atom is 0.345 e. The van der Waals surface area contributed by atoms with Crippen LogP contribution in [0.5, 0.6) is 28.7 Å². The van der Waals surface area contributed by atoms with E-state index in [1.165, 1.54) is 0 Å². The Labute approximate surface area is 156 Å². The predicted molar refractivity (Wildman–Crippen MR) is 96.0 cm³/mol. The minimum Gasteiger partial charge on any atom is -0.497 e. The first-order valence-corrected chi connectivity index (χ1v) is 8.46. The Hall–Kier alpha value is -3.09. The molecule has 0 unspecified atom stereocenters. The molecule has 2 aromatic rings. The van der Waals surface area contributed by atoms with Crippen LogP contribution in [-0.4, -0.2) is 32.8 Å². The van der Waals surface area contributed by atoms with Crippen LogP contribution < -0.4 is 23.7 Å². The van der Waals surface area contributed by atoms with Crippen LogP contribution >= 0.6 is 0 Å². The molecule has 2 heterocycles. The Morgan fingerprint density at radius 3 is 2.41 bits per heavy atom. The fraction of sp³-hybridized carbons (Fsp3) is 0.350. The quantitative estimate of drug-likeness (QED) is 0.761. The molecule has 7 nitrogen and oxygen atoms in total. The van der Waals surface area contributed by atoms with Gasteiger partial charge in [0.25, 0.3) is 0 Å². The average Bonchev–Trinajstić information content (AvgIpc) is 3.08. The first-order valence-electron chi connectivity index (χ1n) is 8.46. The zero-order valence-corrected chi connectivity index (χ0v) is 15.8. The van der Waals surface area contributed by atoms with Crippen molar-refractivity contribution in [1.29, 1.82) is 0 Å². The molecule has 2 aliphatic rings. The van der Waals surface area contributed by atoms with Crippen molar-refractivity contribution in [1.82, 2.24) is 0 Å². The molecule has 0 N–H and O–H groups in total. The number of ether oxygens (including phenoxy) is 6. The molecular weight excluding hydrogens is 352 g/mol. The number of esters is 1. The molecule has 0 amide bonds. The van der Waals surface area contributed by atoms with Gasteiger partial charge in [-0.15, -0.1) is 0 Å². The summed E-state index contributed by atoms with van der Waals surface area (Å²) in [6.07, 6.45) is 0. The molecule has 0 aliphatic carbocycles. The number of methoxy groups -OCH3 is 2. The highest BCUT2D eigenvalue weighted by Gasteiger charge is 2.38. The summed E-state index contributed by atoms with van der Waals surface area (Å²) in [6.45, 7) is 5.34. The lowest BCUT2D eigenvalue weighted by Crippen LogP contribution is -2.39. The number of rotatable bonds is 3. The molecule has 0 fully saturated rings.